The van der Waals surface area contributed by atoms with Gasteiger partial charge in [0.25, 0.3) is 0 Å². The van der Waals surface area contributed by atoms with Gasteiger partial charge in [0.15, 0.2) is 0 Å². The summed E-state index contributed by atoms with van der Waals surface area (Å²) in [6.07, 6.45) is 5.43. The summed E-state index contributed by atoms with van der Waals surface area (Å²) in [6.45, 7) is 6.06. The Hall–Kier alpha value is -0.910. The van der Waals surface area contributed by atoms with Gasteiger partial charge in [-0.25, -0.2) is 4.98 Å². The summed E-state index contributed by atoms with van der Waals surface area (Å²) in [7, 11) is 4.22. The number of aromatic nitrogens is 2. The number of likely N-dealkylation sites (N-methyl/N-ethyl adjacent to an activating group) is 2. The van der Waals surface area contributed by atoms with E-state index in [4.69, 9.17) is 0 Å². The minimum Gasteiger partial charge on any atom is -0.383 e. The maximum atomic E-state index is 10.7. The highest BCUT2D eigenvalue weighted by Gasteiger charge is 2.30. The van der Waals surface area contributed by atoms with Crippen LogP contribution in [0.2, 0.25) is 0 Å². The lowest BCUT2D eigenvalue weighted by Gasteiger charge is -2.31. The van der Waals surface area contributed by atoms with Crippen LogP contribution in [0.1, 0.15) is 31.7 Å². The second kappa shape index (κ2) is 6.50. The van der Waals surface area contributed by atoms with Crippen LogP contribution in [-0.2, 0) is 6.54 Å². The third-order valence-electron chi connectivity index (χ3n) is 3.96. The normalized spacial score (nSPS) is 24.3. The number of nitrogens with zero attached hydrogens (tertiary/aromatic N) is 4. The Morgan fingerprint density at radius 1 is 1.42 bits per heavy atom. The summed E-state index contributed by atoms with van der Waals surface area (Å²) in [5.74, 6) is 0.800. The van der Waals surface area contributed by atoms with Gasteiger partial charge in [0, 0.05) is 25.5 Å². The van der Waals surface area contributed by atoms with Gasteiger partial charge in [0.05, 0.1) is 6.04 Å². The van der Waals surface area contributed by atoms with Crippen molar-refractivity contribution in [3.05, 3.63) is 18.2 Å². The first-order valence-electron chi connectivity index (χ1n) is 7.21. The molecule has 1 aromatic rings. The molecule has 0 radical (unpaired) electrons. The predicted molar refractivity (Wildman–Crippen MR) is 76.0 cm³/mol. The van der Waals surface area contributed by atoms with Crippen molar-refractivity contribution < 1.29 is 5.11 Å². The third kappa shape index (κ3) is 3.35. The Morgan fingerprint density at radius 2 is 2.21 bits per heavy atom. The van der Waals surface area contributed by atoms with Crippen LogP contribution in [0.15, 0.2) is 12.4 Å². The number of aliphatic hydroxyl groups excluding tert-OH is 1. The highest BCUT2D eigenvalue weighted by atomic mass is 16.3. The Balaban J connectivity index is 2.16. The minimum atomic E-state index is -0.521. The lowest BCUT2D eigenvalue weighted by molar-refractivity contribution is 0.0486. The summed E-state index contributed by atoms with van der Waals surface area (Å²) in [4.78, 5) is 8.93. The van der Waals surface area contributed by atoms with E-state index in [0.717, 1.165) is 44.8 Å². The van der Waals surface area contributed by atoms with Gasteiger partial charge >= 0.3 is 0 Å². The van der Waals surface area contributed by atoms with Crippen LogP contribution >= 0.6 is 0 Å². The van der Waals surface area contributed by atoms with Crippen LogP contribution in [0.3, 0.4) is 0 Å². The molecule has 0 amide bonds. The number of hydrogen-bond donors (Lipinski definition) is 1. The molecule has 0 aromatic carbocycles. The van der Waals surface area contributed by atoms with Crippen molar-refractivity contribution in [2.24, 2.45) is 0 Å². The summed E-state index contributed by atoms with van der Waals surface area (Å²) in [5.41, 5.74) is 0. The number of hydrogen-bond acceptors (Lipinski definition) is 4. The first-order chi connectivity index (χ1) is 9.13. The molecule has 5 nitrogen and oxygen atoms in total. The van der Waals surface area contributed by atoms with Gasteiger partial charge in [-0.2, -0.15) is 0 Å². The average Bonchev–Trinajstić information content (AvgIpc) is 2.76. The zero-order valence-electron chi connectivity index (χ0n) is 12.3. The van der Waals surface area contributed by atoms with E-state index in [1.165, 1.54) is 0 Å². The quantitative estimate of drug-likeness (QED) is 0.882. The second-order valence-electron chi connectivity index (χ2n) is 5.59. The third-order valence-corrected chi connectivity index (χ3v) is 3.96. The van der Waals surface area contributed by atoms with Crippen molar-refractivity contribution in [3.8, 4) is 0 Å². The van der Waals surface area contributed by atoms with E-state index < -0.39 is 6.10 Å². The molecule has 0 spiro atoms. The van der Waals surface area contributed by atoms with Gasteiger partial charge in [-0.3, -0.25) is 4.90 Å². The number of imidazole rings is 1. The van der Waals surface area contributed by atoms with Gasteiger partial charge < -0.3 is 14.6 Å². The fourth-order valence-electron chi connectivity index (χ4n) is 2.84. The largest absolute Gasteiger partial charge is 0.383 e. The van der Waals surface area contributed by atoms with Crippen molar-refractivity contribution in [3.63, 3.8) is 0 Å². The molecule has 108 valence electrons. The molecule has 2 unspecified atom stereocenters. The van der Waals surface area contributed by atoms with Crippen LogP contribution in [0, 0.1) is 0 Å². The molecular formula is C14H26N4O. The number of aliphatic hydroxyl groups is 1. The van der Waals surface area contributed by atoms with Crippen molar-refractivity contribution in [2.75, 3.05) is 33.7 Å². The van der Waals surface area contributed by atoms with E-state index >= 15 is 0 Å². The zero-order chi connectivity index (χ0) is 13.8. The molecule has 2 atom stereocenters. The van der Waals surface area contributed by atoms with Crippen LogP contribution in [0.25, 0.3) is 0 Å². The molecule has 19 heavy (non-hydrogen) atoms. The second-order valence-corrected chi connectivity index (χ2v) is 5.59. The fourth-order valence-corrected chi connectivity index (χ4v) is 2.84. The molecule has 1 aliphatic heterocycles. The molecule has 0 bridgehead atoms. The minimum absolute atomic E-state index is 0.116. The van der Waals surface area contributed by atoms with Crippen molar-refractivity contribution >= 4 is 0 Å². The summed E-state index contributed by atoms with van der Waals surface area (Å²) in [6, 6.07) is 0.116. The Bertz CT molecular complexity index is 393. The maximum Gasteiger partial charge on any atom is 0.139 e. The summed E-state index contributed by atoms with van der Waals surface area (Å²) >= 11 is 0. The summed E-state index contributed by atoms with van der Waals surface area (Å²) < 4.78 is 2.07. The molecule has 2 heterocycles. The van der Waals surface area contributed by atoms with Crippen LogP contribution in [-0.4, -0.2) is 64.2 Å². The van der Waals surface area contributed by atoms with Crippen molar-refractivity contribution in [1.82, 2.24) is 19.4 Å². The Morgan fingerprint density at radius 3 is 2.95 bits per heavy atom. The molecule has 1 aliphatic rings. The predicted octanol–water partition coefficient (Wildman–Crippen LogP) is 0.962. The van der Waals surface area contributed by atoms with E-state index in [1.54, 1.807) is 6.20 Å². The zero-order valence-corrected chi connectivity index (χ0v) is 12.3. The molecule has 2 rings (SSSR count). The molecule has 5 heteroatoms. The van der Waals surface area contributed by atoms with E-state index in [1.807, 2.05) is 6.20 Å². The highest BCUT2D eigenvalue weighted by molar-refractivity contribution is 5.02. The molecule has 1 saturated heterocycles. The smallest absolute Gasteiger partial charge is 0.139 e. The standard InChI is InChI=1S/C14H26N4O/c1-4-7-18-10-6-15-14(18)13(19)12-11-16(2)8-5-9-17(12)3/h6,10,12-13,19H,4-5,7-9,11H2,1-3H3. The van der Waals surface area contributed by atoms with Crippen LogP contribution < -0.4 is 0 Å². The fraction of sp³-hybridized carbons (Fsp3) is 0.786. The van der Waals surface area contributed by atoms with E-state index in [-0.39, 0.29) is 6.04 Å². The van der Waals surface area contributed by atoms with Crippen molar-refractivity contribution in [1.29, 1.82) is 0 Å². The summed E-state index contributed by atoms with van der Waals surface area (Å²) in [5, 5.41) is 10.7. The Labute approximate surface area is 115 Å². The van der Waals surface area contributed by atoms with Gasteiger partial charge in [0.1, 0.15) is 11.9 Å². The lowest BCUT2D eigenvalue weighted by atomic mass is 10.1. The number of aryl methyl sites for hydroxylation is 1. The topological polar surface area (TPSA) is 44.5 Å². The van der Waals surface area contributed by atoms with E-state index in [2.05, 4.69) is 40.4 Å². The van der Waals surface area contributed by atoms with E-state index in [0.29, 0.717) is 0 Å². The highest BCUT2D eigenvalue weighted by Crippen LogP contribution is 2.22. The average molecular weight is 266 g/mol. The maximum absolute atomic E-state index is 10.7. The Kier molecular flexibility index (Phi) is 4.96. The lowest BCUT2D eigenvalue weighted by Crippen LogP contribution is -2.42. The molecule has 1 aromatic heterocycles. The first-order valence-corrected chi connectivity index (χ1v) is 7.21. The van der Waals surface area contributed by atoms with Crippen LogP contribution in [0.5, 0.6) is 0 Å². The van der Waals surface area contributed by atoms with Crippen molar-refractivity contribution in [2.45, 2.75) is 38.5 Å². The van der Waals surface area contributed by atoms with Gasteiger partial charge in [-0.15, -0.1) is 0 Å². The number of rotatable bonds is 4. The molecule has 1 fully saturated rings. The van der Waals surface area contributed by atoms with Gasteiger partial charge in [0.2, 0.25) is 0 Å². The monoisotopic (exact) mass is 266 g/mol. The molecule has 1 N–H and O–H groups in total. The molecule has 0 aliphatic carbocycles. The van der Waals surface area contributed by atoms with Gasteiger partial charge in [-0.1, -0.05) is 6.92 Å². The van der Waals surface area contributed by atoms with E-state index in [9.17, 15) is 5.11 Å². The van der Waals surface area contributed by atoms with Gasteiger partial charge in [-0.05, 0) is 40.0 Å². The SMILES string of the molecule is CCCn1ccnc1C(O)C1CN(C)CCCN1C. The van der Waals surface area contributed by atoms with Crippen LogP contribution in [0.4, 0.5) is 0 Å². The molecular weight excluding hydrogens is 240 g/mol. The molecule has 0 saturated carbocycles. The first kappa shape index (κ1) is 14.5.